The largest absolute Gasteiger partial charge is 0.480 e. The van der Waals surface area contributed by atoms with Gasteiger partial charge in [0.2, 0.25) is 0 Å². The number of ether oxygens (including phenoxy) is 4. The Hall–Kier alpha value is -1.30. The lowest BCUT2D eigenvalue weighted by molar-refractivity contribution is -0.257. The highest BCUT2D eigenvalue weighted by Crippen LogP contribution is 2.89. The molecular weight excluding hydrogens is 650 g/mol. The van der Waals surface area contributed by atoms with Crippen molar-refractivity contribution in [3.63, 3.8) is 0 Å². The standard InChI is InChI=1S/C41H65NO9/c1-23-20-25(33(36(5,6)47)49-24(2)43)50-31-30(23)37(7)16-17-40-22-39(40)15-12-28(35(3,4)26(39)10-11-27(40)38(37,8)32(31)44)51-29-21-42(18-19-48-29)41(34(45)46)13-9-14-41/h23,25-33,44,47H,9-22H2,1-8H3,(H,45,46)/t23-,25-,26+,27+,28?,29+,30+,31+,32+,33+,37-,38-,39?,40+/m1/s1. The molecule has 2 aliphatic heterocycles. The van der Waals surface area contributed by atoms with Gasteiger partial charge in [0.1, 0.15) is 5.54 Å². The zero-order chi connectivity index (χ0) is 36.7. The molecule has 0 radical (unpaired) electrons. The third-order valence-electron chi connectivity index (χ3n) is 17.6. The molecule has 288 valence electrons. The number of carbonyl (C=O) groups excluding carboxylic acids is 1. The Morgan fingerprint density at radius 3 is 2.29 bits per heavy atom. The maximum Gasteiger partial charge on any atom is 0.324 e. The van der Waals surface area contributed by atoms with E-state index in [0.717, 1.165) is 38.5 Å². The topological polar surface area (TPSA) is 135 Å². The van der Waals surface area contributed by atoms with Crippen LogP contribution >= 0.6 is 0 Å². The quantitative estimate of drug-likeness (QED) is 0.288. The van der Waals surface area contributed by atoms with Crippen LogP contribution in [0.15, 0.2) is 0 Å². The Balaban J connectivity index is 1.02. The molecule has 2 saturated heterocycles. The van der Waals surface area contributed by atoms with Crippen LogP contribution in [0.4, 0.5) is 0 Å². The summed E-state index contributed by atoms with van der Waals surface area (Å²) in [7, 11) is 0. The molecule has 6 saturated carbocycles. The number of aliphatic carboxylic acids is 1. The average Bonchev–Trinajstić information content (AvgIpc) is 3.65. The van der Waals surface area contributed by atoms with Crippen LogP contribution in [0.5, 0.6) is 0 Å². The van der Waals surface area contributed by atoms with Gasteiger partial charge >= 0.3 is 11.9 Å². The molecule has 10 nitrogen and oxygen atoms in total. The van der Waals surface area contributed by atoms with Crippen LogP contribution in [0.25, 0.3) is 0 Å². The Morgan fingerprint density at radius 1 is 0.980 bits per heavy atom. The lowest BCUT2D eigenvalue weighted by Gasteiger charge is -2.64. The second-order valence-electron chi connectivity index (χ2n) is 20.3. The second kappa shape index (κ2) is 11.6. The van der Waals surface area contributed by atoms with E-state index in [1.54, 1.807) is 13.8 Å². The molecule has 3 N–H and O–H groups in total. The molecule has 6 aliphatic carbocycles. The molecule has 2 spiro atoms. The van der Waals surface area contributed by atoms with Crippen LogP contribution in [0, 0.1) is 50.7 Å². The van der Waals surface area contributed by atoms with Crippen LogP contribution in [0.2, 0.25) is 0 Å². The first-order valence-electron chi connectivity index (χ1n) is 20.3. The van der Waals surface area contributed by atoms with Crippen molar-refractivity contribution >= 4 is 11.9 Å². The molecule has 0 aromatic heterocycles. The molecule has 0 aromatic carbocycles. The fourth-order valence-electron chi connectivity index (χ4n) is 15.1. The first-order valence-corrected chi connectivity index (χ1v) is 20.3. The molecule has 2 heterocycles. The van der Waals surface area contributed by atoms with Gasteiger partial charge < -0.3 is 34.3 Å². The monoisotopic (exact) mass is 715 g/mol. The molecular formula is C41H65NO9. The number of fused-ring (bicyclic) bond motifs is 4. The van der Waals surface area contributed by atoms with E-state index in [4.69, 9.17) is 18.9 Å². The zero-order valence-electron chi connectivity index (χ0n) is 32.4. The number of esters is 1. The van der Waals surface area contributed by atoms with Crippen molar-refractivity contribution < 1.29 is 43.9 Å². The van der Waals surface area contributed by atoms with E-state index < -0.39 is 47.7 Å². The van der Waals surface area contributed by atoms with Crippen molar-refractivity contribution in [2.24, 2.45) is 50.7 Å². The normalized spacial score (nSPS) is 50.3. The lowest BCUT2D eigenvalue weighted by Crippen LogP contribution is -2.64. The summed E-state index contributed by atoms with van der Waals surface area (Å²) in [5, 5.41) is 33.7. The molecule has 0 aromatic rings. The van der Waals surface area contributed by atoms with Crippen molar-refractivity contribution in [1.82, 2.24) is 4.90 Å². The third-order valence-corrected chi connectivity index (χ3v) is 17.6. The molecule has 51 heavy (non-hydrogen) atoms. The molecule has 8 fully saturated rings. The van der Waals surface area contributed by atoms with Gasteiger partial charge in [-0.2, -0.15) is 0 Å². The molecule has 10 heteroatoms. The molecule has 0 amide bonds. The minimum Gasteiger partial charge on any atom is -0.480 e. The number of rotatable bonds is 7. The van der Waals surface area contributed by atoms with E-state index in [0.29, 0.717) is 50.8 Å². The number of morpholine rings is 1. The predicted molar refractivity (Wildman–Crippen MR) is 188 cm³/mol. The van der Waals surface area contributed by atoms with Crippen molar-refractivity contribution in [2.45, 2.75) is 174 Å². The van der Waals surface area contributed by atoms with E-state index in [-0.39, 0.29) is 51.1 Å². The number of hydrogen-bond donors (Lipinski definition) is 3. The highest BCUT2D eigenvalue weighted by atomic mass is 16.7. The van der Waals surface area contributed by atoms with Crippen molar-refractivity contribution in [3.05, 3.63) is 0 Å². The molecule has 8 aliphatic rings. The van der Waals surface area contributed by atoms with E-state index >= 15 is 0 Å². The summed E-state index contributed by atoms with van der Waals surface area (Å²) in [6.45, 7) is 18.3. The summed E-state index contributed by atoms with van der Waals surface area (Å²) in [6.07, 6.45) is 8.15. The average molecular weight is 716 g/mol. The van der Waals surface area contributed by atoms with Crippen LogP contribution in [0.3, 0.4) is 0 Å². The zero-order valence-corrected chi connectivity index (χ0v) is 32.4. The van der Waals surface area contributed by atoms with Gasteiger partial charge in [0.05, 0.1) is 43.2 Å². The van der Waals surface area contributed by atoms with Crippen molar-refractivity contribution in [3.8, 4) is 0 Å². The molecule has 8 rings (SSSR count). The van der Waals surface area contributed by atoms with Gasteiger partial charge in [-0.3, -0.25) is 14.5 Å². The number of hydrogen-bond acceptors (Lipinski definition) is 9. The summed E-state index contributed by atoms with van der Waals surface area (Å²) in [6, 6.07) is 0. The Labute approximate surface area is 304 Å². The van der Waals surface area contributed by atoms with Gasteiger partial charge in [0, 0.05) is 18.9 Å². The van der Waals surface area contributed by atoms with Crippen LogP contribution in [-0.4, -0.2) is 99.8 Å². The van der Waals surface area contributed by atoms with Gasteiger partial charge in [-0.25, -0.2) is 0 Å². The molecule has 2 unspecified atom stereocenters. The van der Waals surface area contributed by atoms with Gasteiger partial charge in [-0.05, 0) is 130 Å². The number of aliphatic hydroxyl groups excluding tert-OH is 1. The van der Waals surface area contributed by atoms with Crippen molar-refractivity contribution in [1.29, 1.82) is 0 Å². The number of carboxylic acid groups (broad SMARTS) is 1. The molecule has 14 atom stereocenters. The first kappa shape index (κ1) is 36.7. The number of carboxylic acids is 1. The van der Waals surface area contributed by atoms with E-state index in [2.05, 4.69) is 39.5 Å². The van der Waals surface area contributed by atoms with E-state index in [1.165, 1.54) is 19.8 Å². The van der Waals surface area contributed by atoms with Gasteiger partial charge in [0.15, 0.2) is 12.4 Å². The van der Waals surface area contributed by atoms with Crippen LogP contribution < -0.4 is 0 Å². The van der Waals surface area contributed by atoms with Crippen molar-refractivity contribution in [2.75, 3.05) is 19.7 Å². The third kappa shape index (κ3) is 4.80. The summed E-state index contributed by atoms with van der Waals surface area (Å²) in [5.74, 6) is 0.194. The van der Waals surface area contributed by atoms with Gasteiger partial charge in [-0.15, -0.1) is 0 Å². The number of nitrogens with zero attached hydrogens (tertiary/aromatic N) is 1. The van der Waals surface area contributed by atoms with Gasteiger partial charge in [-0.1, -0.05) is 34.6 Å². The highest BCUT2D eigenvalue weighted by molar-refractivity contribution is 5.80. The predicted octanol–water partition coefficient (Wildman–Crippen LogP) is 5.55. The minimum absolute atomic E-state index is 0.0472. The van der Waals surface area contributed by atoms with Gasteiger partial charge in [0.25, 0.3) is 0 Å². The fourth-order valence-corrected chi connectivity index (χ4v) is 15.1. The smallest absolute Gasteiger partial charge is 0.324 e. The Kier molecular flexibility index (Phi) is 8.35. The maximum absolute atomic E-state index is 12.6. The summed E-state index contributed by atoms with van der Waals surface area (Å²) in [4.78, 5) is 26.5. The SMILES string of the molecule is CC(=O)O[C@@H]([C@H]1C[C@@H](C)[C@H]2[C@H](O1)[C@H](O)[C@@]1(C)[C@@H]3CC[C@H]4C(C)(C)C(O[C@H]5CN(C6(C(=O)O)CCC6)CCO5)CCC45C[C@@]35CC[C@]21C)C(C)(C)O. The minimum atomic E-state index is -1.27. The Morgan fingerprint density at radius 2 is 1.67 bits per heavy atom. The van der Waals surface area contributed by atoms with E-state index in [1.807, 2.05) is 0 Å². The first-order chi connectivity index (χ1) is 23.8. The Bertz CT molecular complexity index is 1420. The van der Waals surface area contributed by atoms with E-state index in [9.17, 15) is 24.9 Å². The van der Waals surface area contributed by atoms with Crippen LogP contribution in [0.1, 0.15) is 126 Å². The van der Waals surface area contributed by atoms with Crippen LogP contribution in [-0.2, 0) is 28.5 Å². The fraction of sp³-hybridized carbons (Fsp3) is 0.951. The second-order valence-corrected chi connectivity index (χ2v) is 20.3. The lowest BCUT2D eigenvalue weighted by atomic mass is 9.41. The summed E-state index contributed by atoms with van der Waals surface area (Å²) in [5.41, 5.74) is -2.05. The number of aliphatic hydroxyl groups is 2. The molecule has 0 bridgehead atoms. The summed E-state index contributed by atoms with van der Waals surface area (Å²) >= 11 is 0. The number of carbonyl (C=O) groups is 2. The maximum atomic E-state index is 12.6. The summed E-state index contributed by atoms with van der Waals surface area (Å²) < 4.78 is 25.6. The highest BCUT2D eigenvalue weighted by Gasteiger charge is 2.84.